The van der Waals surface area contributed by atoms with E-state index in [0.29, 0.717) is 24.3 Å². The molecule has 6 heteroatoms. The van der Waals surface area contributed by atoms with Gasteiger partial charge in [-0.2, -0.15) is 5.10 Å². The minimum absolute atomic E-state index is 0.0102. The SMILES string of the molecule is O=C(NCCCNc1n[nH]c(=O)c2ccccc12)C1Cc2ccccc21. The van der Waals surface area contributed by atoms with Gasteiger partial charge in [0.1, 0.15) is 0 Å². The lowest BCUT2D eigenvalue weighted by atomic mass is 9.77. The number of rotatable bonds is 6. The Bertz CT molecular complexity index is 1010. The van der Waals surface area contributed by atoms with Gasteiger partial charge in [-0.25, -0.2) is 5.10 Å². The van der Waals surface area contributed by atoms with Crippen LogP contribution >= 0.6 is 0 Å². The molecule has 0 bridgehead atoms. The molecular weight excluding hydrogens is 328 g/mol. The second-order valence-electron chi connectivity index (χ2n) is 6.47. The summed E-state index contributed by atoms with van der Waals surface area (Å²) in [5.74, 6) is 0.736. The number of nitrogens with zero attached hydrogens (tertiary/aromatic N) is 1. The van der Waals surface area contributed by atoms with Crippen LogP contribution < -0.4 is 16.2 Å². The fourth-order valence-electron chi connectivity index (χ4n) is 3.37. The number of H-pyrrole nitrogens is 1. The van der Waals surface area contributed by atoms with Crippen molar-refractivity contribution in [2.45, 2.75) is 18.8 Å². The van der Waals surface area contributed by atoms with Crippen molar-refractivity contribution in [3.63, 3.8) is 0 Å². The van der Waals surface area contributed by atoms with Crippen molar-refractivity contribution in [2.24, 2.45) is 0 Å². The van der Waals surface area contributed by atoms with Crippen LogP contribution in [0.5, 0.6) is 0 Å². The van der Waals surface area contributed by atoms with Crippen LogP contribution in [-0.4, -0.2) is 29.2 Å². The van der Waals surface area contributed by atoms with Crippen molar-refractivity contribution in [2.75, 3.05) is 18.4 Å². The van der Waals surface area contributed by atoms with Gasteiger partial charge < -0.3 is 10.6 Å². The van der Waals surface area contributed by atoms with Crippen molar-refractivity contribution in [1.29, 1.82) is 0 Å². The molecule has 1 unspecified atom stereocenters. The summed E-state index contributed by atoms with van der Waals surface area (Å²) in [6, 6.07) is 15.4. The topological polar surface area (TPSA) is 86.9 Å². The quantitative estimate of drug-likeness (QED) is 0.596. The molecule has 132 valence electrons. The molecule has 0 spiro atoms. The molecule has 3 N–H and O–H groups in total. The summed E-state index contributed by atoms with van der Waals surface area (Å²) >= 11 is 0. The highest BCUT2D eigenvalue weighted by Gasteiger charge is 2.31. The number of anilines is 1. The van der Waals surface area contributed by atoms with Crippen LogP contribution in [0.1, 0.15) is 23.5 Å². The molecule has 1 aromatic heterocycles. The van der Waals surface area contributed by atoms with Crippen molar-refractivity contribution < 1.29 is 4.79 Å². The van der Waals surface area contributed by atoms with Crippen molar-refractivity contribution in [3.05, 3.63) is 70.0 Å². The number of aromatic nitrogens is 2. The maximum absolute atomic E-state index is 12.2. The second kappa shape index (κ2) is 7.00. The predicted octanol–water partition coefficient (Wildman–Crippen LogP) is 2.18. The number of amides is 1. The molecule has 1 atom stereocenters. The Morgan fingerprint density at radius 3 is 2.69 bits per heavy atom. The van der Waals surface area contributed by atoms with Crippen LogP contribution in [0.4, 0.5) is 5.82 Å². The van der Waals surface area contributed by atoms with E-state index in [1.54, 1.807) is 6.07 Å². The van der Waals surface area contributed by atoms with Gasteiger partial charge in [0.15, 0.2) is 5.82 Å². The summed E-state index contributed by atoms with van der Waals surface area (Å²) in [5, 5.41) is 14.2. The fraction of sp³-hybridized carbons (Fsp3) is 0.250. The van der Waals surface area contributed by atoms with Gasteiger partial charge in [-0.3, -0.25) is 9.59 Å². The first kappa shape index (κ1) is 16.3. The second-order valence-corrected chi connectivity index (χ2v) is 6.47. The average Bonchev–Trinajstić information content (AvgIpc) is 2.64. The van der Waals surface area contributed by atoms with Crippen LogP contribution in [0.25, 0.3) is 10.8 Å². The summed E-state index contributed by atoms with van der Waals surface area (Å²) in [4.78, 5) is 24.0. The molecule has 3 aromatic rings. The summed E-state index contributed by atoms with van der Waals surface area (Å²) in [6.45, 7) is 1.26. The smallest absolute Gasteiger partial charge is 0.272 e. The molecule has 2 aromatic carbocycles. The lowest BCUT2D eigenvalue weighted by Crippen LogP contribution is -2.36. The lowest BCUT2D eigenvalue weighted by Gasteiger charge is -2.28. The fourth-order valence-corrected chi connectivity index (χ4v) is 3.37. The predicted molar refractivity (Wildman–Crippen MR) is 101 cm³/mol. The van der Waals surface area contributed by atoms with Gasteiger partial charge in [-0.15, -0.1) is 0 Å². The molecule has 0 aliphatic heterocycles. The molecule has 1 aliphatic rings. The Morgan fingerprint density at radius 2 is 1.85 bits per heavy atom. The first-order valence-electron chi connectivity index (χ1n) is 8.81. The van der Waals surface area contributed by atoms with Crippen molar-refractivity contribution in [3.8, 4) is 0 Å². The zero-order valence-corrected chi connectivity index (χ0v) is 14.3. The van der Waals surface area contributed by atoms with Crippen LogP contribution in [0.15, 0.2) is 53.3 Å². The van der Waals surface area contributed by atoms with E-state index in [0.717, 1.165) is 23.8 Å². The van der Waals surface area contributed by atoms with Crippen LogP contribution in [0.3, 0.4) is 0 Å². The molecule has 1 amide bonds. The molecule has 6 nitrogen and oxygen atoms in total. The van der Waals surface area contributed by atoms with Gasteiger partial charge in [-0.1, -0.05) is 42.5 Å². The van der Waals surface area contributed by atoms with Gasteiger partial charge in [0.2, 0.25) is 5.91 Å². The third-order valence-corrected chi connectivity index (χ3v) is 4.81. The Morgan fingerprint density at radius 1 is 1.08 bits per heavy atom. The van der Waals surface area contributed by atoms with E-state index in [9.17, 15) is 9.59 Å². The molecule has 1 heterocycles. The van der Waals surface area contributed by atoms with Gasteiger partial charge in [0, 0.05) is 18.5 Å². The number of carbonyl (C=O) groups excluding carboxylic acids is 1. The molecule has 0 saturated heterocycles. The maximum Gasteiger partial charge on any atom is 0.272 e. The standard InChI is InChI=1S/C20H20N4O2/c25-19(17-12-13-6-1-2-7-14(13)17)22-11-5-10-21-18-15-8-3-4-9-16(15)20(26)24-23-18/h1-4,6-9,17H,5,10-12H2,(H,21,23)(H,22,25)(H,24,26). The summed E-state index contributed by atoms with van der Waals surface area (Å²) in [5.41, 5.74) is 2.22. The lowest BCUT2D eigenvalue weighted by molar-refractivity contribution is -0.123. The Kier molecular flexibility index (Phi) is 4.39. The summed E-state index contributed by atoms with van der Waals surface area (Å²) in [7, 11) is 0. The Labute approximate surface area is 150 Å². The summed E-state index contributed by atoms with van der Waals surface area (Å²) < 4.78 is 0. The highest BCUT2D eigenvalue weighted by Crippen LogP contribution is 2.34. The molecule has 0 saturated carbocycles. The van der Waals surface area contributed by atoms with E-state index in [4.69, 9.17) is 0 Å². The molecule has 26 heavy (non-hydrogen) atoms. The van der Waals surface area contributed by atoms with E-state index in [2.05, 4.69) is 26.9 Å². The summed E-state index contributed by atoms with van der Waals surface area (Å²) in [6.07, 6.45) is 1.60. The number of hydrogen-bond acceptors (Lipinski definition) is 4. The minimum Gasteiger partial charge on any atom is -0.368 e. The largest absolute Gasteiger partial charge is 0.368 e. The van der Waals surface area contributed by atoms with Gasteiger partial charge in [0.05, 0.1) is 11.3 Å². The molecule has 0 radical (unpaired) electrons. The number of hydrogen-bond donors (Lipinski definition) is 3. The van der Waals surface area contributed by atoms with E-state index in [-0.39, 0.29) is 17.4 Å². The zero-order chi connectivity index (χ0) is 17.9. The van der Waals surface area contributed by atoms with Crippen molar-refractivity contribution in [1.82, 2.24) is 15.5 Å². The van der Waals surface area contributed by atoms with E-state index < -0.39 is 0 Å². The number of aromatic amines is 1. The van der Waals surface area contributed by atoms with Crippen LogP contribution in [-0.2, 0) is 11.2 Å². The van der Waals surface area contributed by atoms with Gasteiger partial charge in [0.25, 0.3) is 5.56 Å². The molecule has 4 rings (SSSR count). The molecule has 1 aliphatic carbocycles. The normalized spacial score (nSPS) is 15.2. The first-order valence-corrected chi connectivity index (χ1v) is 8.81. The Hall–Kier alpha value is -3.15. The number of fused-ring (bicyclic) bond motifs is 2. The van der Waals surface area contributed by atoms with Gasteiger partial charge in [-0.05, 0) is 30.0 Å². The Balaban J connectivity index is 1.27. The minimum atomic E-state index is -0.195. The molecular formula is C20H20N4O2. The van der Waals surface area contributed by atoms with Crippen molar-refractivity contribution >= 4 is 22.5 Å². The first-order chi connectivity index (χ1) is 12.7. The molecule has 0 fully saturated rings. The third-order valence-electron chi connectivity index (χ3n) is 4.81. The number of benzene rings is 2. The monoisotopic (exact) mass is 348 g/mol. The van der Waals surface area contributed by atoms with E-state index >= 15 is 0 Å². The van der Waals surface area contributed by atoms with E-state index in [1.165, 1.54) is 5.56 Å². The highest BCUT2D eigenvalue weighted by molar-refractivity contribution is 5.90. The van der Waals surface area contributed by atoms with Crippen LogP contribution in [0, 0.1) is 0 Å². The average molecular weight is 348 g/mol. The number of nitrogens with one attached hydrogen (secondary N) is 3. The third kappa shape index (κ3) is 3.06. The van der Waals surface area contributed by atoms with Crippen LogP contribution in [0.2, 0.25) is 0 Å². The maximum atomic E-state index is 12.2. The zero-order valence-electron chi connectivity index (χ0n) is 14.3. The van der Waals surface area contributed by atoms with E-state index in [1.807, 2.05) is 36.4 Å². The van der Waals surface area contributed by atoms with Gasteiger partial charge >= 0.3 is 0 Å². The number of carbonyl (C=O) groups is 1. The highest BCUT2D eigenvalue weighted by atomic mass is 16.2.